The summed E-state index contributed by atoms with van der Waals surface area (Å²) in [6.45, 7) is 0. The molecule has 15 heavy (non-hydrogen) atoms. The zero-order chi connectivity index (χ0) is 10.1. The first-order chi connectivity index (χ1) is 6.93. The van der Waals surface area contributed by atoms with Gasteiger partial charge in [0.15, 0.2) is 0 Å². The average molecular weight is 239 g/mol. The minimum Gasteiger partial charge on any atom is -0.214 e. The molecule has 0 saturated heterocycles. The maximum absolute atomic E-state index is 8.22. The molecule has 2 aromatic rings. The van der Waals surface area contributed by atoms with E-state index in [0.29, 0.717) is 6.42 Å². The molecule has 0 radical (unpaired) electrons. The first-order valence-electron chi connectivity index (χ1n) is 4.67. The Morgan fingerprint density at radius 1 is 1.07 bits per heavy atom. The van der Waals surface area contributed by atoms with Gasteiger partial charge in [-0.3, -0.25) is 0 Å². The minimum absolute atomic E-state index is 0. The molecule has 78 valence electrons. The third-order valence-electron chi connectivity index (χ3n) is 1.81. The molecule has 2 aromatic carbocycles. The fourth-order valence-electron chi connectivity index (χ4n) is 1.10. The molecule has 2 rings (SSSR count). The predicted molar refractivity (Wildman–Crippen MR) is 58.0 cm³/mol. The van der Waals surface area contributed by atoms with Crippen molar-refractivity contribution >= 4 is 0 Å². The van der Waals surface area contributed by atoms with Gasteiger partial charge in [0, 0.05) is 6.42 Å². The van der Waals surface area contributed by atoms with Crippen LogP contribution in [0.1, 0.15) is 12.0 Å². The molecule has 0 atom stereocenters. The molecule has 0 amide bonds. The summed E-state index contributed by atoms with van der Waals surface area (Å²) < 4.78 is 0. The van der Waals surface area contributed by atoms with Crippen LogP contribution in [0.5, 0.6) is 0 Å². The molecule has 1 nitrogen and oxygen atoms in total. The number of rotatable bonds is 2. The minimum atomic E-state index is 0. The molecule has 0 aliphatic heterocycles. The molecule has 0 saturated carbocycles. The number of hydrogen-bond donors (Lipinski definition) is 0. The number of aryl methyl sites for hydroxylation is 1. The maximum Gasteiger partial charge on any atom is 2.00 e. The summed E-state index contributed by atoms with van der Waals surface area (Å²) in [5, 5.41) is 8.22. The van der Waals surface area contributed by atoms with Crippen LogP contribution in [-0.4, -0.2) is 0 Å². The van der Waals surface area contributed by atoms with E-state index in [1.165, 1.54) is 5.56 Å². The Bertz CT molecular complexity index is 323. The van der Waals surface area contributed by atoms with Crippen molar-refractivity contribution in [2.45, 2.75) is 12.8 Å². The van der Waals surface area contributed by atoms with Crippen LogP contribution in [0.25, 0.3) is 0 Å². The fraction of sp³-hybridized carbons (Fsp3) is 0.154. The second-order valence-corrected chi connectivity index (χ2v) is 2.91. The van der Waals surface area contributed by atoms with Gasteiger partial charge < -0.3 is 0 Å². The van der Waals surface area contributed by atoms with Gasteiger partial charge in [-0.2, -0.15) is 41.2 Å². The molecule has 0 aliphatic carbocycles. The van der Waals surface area contributed by atoms with E-state index >= 15 is 0 Å². The summed E-state index contributed by atoms with van der Waals surface area (Å²) in [5.41, 5.74) is 1.26. The molecular formula is C13H13FeN. The van der Waals surface area contributed by atoms with Gasteiger partial charge >= 0.3 is 17.1 Å². The SMILES string of the molecule is N#CCC[c-]1cccc1.[Fe+2].c1cc[cH-]c1. The van der Waals surface area contributed by atoms with Crippen LogP contribution in [0.4, 0.5) is 0 Å². The Balaban J connectivity index is 0.000000280. The van der Waals surface area contributed by atoms with Crippen LogP contribution in [0, 0.1) is 11.3 Å². The summed E-state index contributed by atoms with van der Waals surface area (Å²) in [4.78, 5) is 0. The smallest absolute Gasteiger partial charge is 0.214 e. The zero-order valence-corrected chi connectivity index (χ0v) is 9.52. The Kier molecular flexibility index (Phi) is 8.47. The van der Waals surface area contributed by atoms with E-state index in [9.17, 15) is 0 Å². The molecule has 0 N–H and O–H groups in total. The average Bonchev–Trinajstić information content (AvgIpc) is 2.90. The van der Waals surface area contributed by atoms with Crippen molar-refractivity contribution in [3.63, 3.8) is 0 Å². The van der Waals surface area contributed by atoms with Gasteiger partial charge in [0.05, 0.1) is 6.07 Å². The van der Waals surface area contributed by atoms with Gasteiger partial charge in [-0.1, -0.05) is 6.42 Å². The number of nitrogens with zero attached hydrogens (tertiary/aromatic N) is 1. The molecular weight excluding hydrogens is 226 g/mol. The van der Waals surface area contributed by atoms with Crippen LogP contribution in [0.3, 0.4) is 0 Å². The topological polar surface area (TPSA) is 23.8 Å². The number of nitriles is 1. The normalized spacial score (nSPS) is 7.93. The van der Waals surface area contributed by atoms with E-state index in [1.54, 1.807) is 0 Å². The van der Waals surface area contributed by atoms with Gasteiger partial charge in [0.2, 0.25) is 0 Å². The molecule has 0 aliphatic rings. The van der Waals surface area contributed by atoms with E-state index in [-0.39, 0.29) is 17.1 Å². The Morgan fingerprint density at radius 2 is 1.67 bits per heavy atom. The standard InChI is InChI=1S/C8H8N.C5H5.Fe/c9-7-3-6-8-4-1-2-5-8;1-2-4-5-3-1;/h1-2,4-5H,3,6H2;1-5H;/q2*-1;+2. The largest absolute Gasteiger partial charge is 2.00 e. The first-order valence-corrected chi connectivity index (χ1v) is 4.67. The van der Waals surface area contributed by atoms with Crippen molar-refractivity contribution in [1.82, 2.24) is 0 Å². The Hall–Kier alpha value is -1.29. The summed E-state index contributed by atoms with van der Waals surface area (Å²) in [7, 11) is 0. The van der Waals surface area contributed by atoms with E-state index in [0.717, 1.165) is 6.42 Å². The van der Waals surface area contributed by atoms with Crippen molar-refractivity contribution in [2.24, 2.45) is 0 Å². The van der Waals surface area contributed by atoms with Gasteiger partial charge in [0.25, 0.3) is 0 Å². The summed E-state index contributed by atoms with van der Waals surface area (Å²) >= 11 is 0. The second kappa shape index (κ2) is 9.27. The van der Waals surface area contributed by atoms with Crippen molar-refractivity contribution in [3.8, 4) is 6.07 Å². The monoisotopic (exact) mass is 239 g/mol. The predicted octanol–water partition coefficient (Wildman–Crippen LogP) is 3.26. The summed E-state index contributed by atoms with van der Waals surface area (Å²) in [6.07, 6.45) is 1.52. The van der Waals surface area contributed by atoms with Crippen LogP contribution >= 0.6 is 0 Å². The zero-order valence-electron chi connectivity index (χ0n) is 8.41. The van der Waals surface area contributed by atoms with Crippen molar-refractivity contribution < 1.29 is 17.1 Å². The van der Waals surface area contributed by atoms with E-state index in [1.807, 2.05) is 54.6 Å². The molecule has 0 spiro atoms. The fourth-order valence-corrected chi connectivity index (χ4v) is 1.10. The van der Waals surface area contributed by atoms with Crippen LogP contribution in [0.15, 0.2) is 54.6 Å². The van der Waals surface area contributed by atoms with E-state index < -0.39 is 0 Å². The van der Waals surface area contributed by atoms with E-state index in [4.69, 9.17) is 5.26 Å². The van der Waals surface area contributed by atoms with Gasteiger partial charge in [-0.25, -0.2) is 24.3 Å². The summed E-state index contributed by atoms with van der Waals surface area (Å²) in [6, 6.07) is 20.2. The van der Waals surface area contributed by atoms with Crippen LogP contribution in [0.2, 0.25) is 0 Å². The first kappa shape index (κ1) is 13.7. The summed E-state index contributed by atoms with van der Waals surface area (Å²) in [5.74, 6) is 0. The quantitative estimate of drug-likeness (QED) is 0.582. The molecule has 2 heteroatoms. The molecule has 0 aromatic heterocycles. The second-order valence-electron chi connectivity index (χ2n) is 2.91. The maximum atomic E-state index is 8.22. The van der Waals surface area contributed by atoms with Crippen molar-refractivity contribution in [2.75, 3.05) is 0 Å². The third kappa shape index (κ3) is 6.74. The molecule has 0 heterocycles. The molecule has 0 bridgehead atoms. The number of hydrogen-bond acceptors (Lipinski definition) is 1. The van der Waals surface area contributed by atoms with Gasteiger partial charge in [-0.05, 0) is 0 Å². The van der Waals surface area contributed by atoms with Gasteiger partial charge in [0.1, 0.15) is 0 Å². The van der Waals surface area contributed by atoms with Crippen molar-refractivity contribution in [1.29, 1.82) is 5.26 Å². The van der Waals surface area contributed by atoms with Crippen LogP contribution < -0.4 is 0 Å². The van der Waals surface area contributed by atoms with Gasteiger partial charge in [-0.15, -0.1) is 0 Å². The molecule has 0 fully saturated rings. The third-order valence-corrected chi connectivity index (χ3v) is 1.81. The van der Waals surface area contributed by atoms with Crippen molar-refractivity contribution in [3.05, 3.63) is 60.2 Å². The molecule has 0 unspecified atom stereocenters. The Labute approximate surface area is 102 Å². The Morgan fingerprint density at radius 3 is 2.07 bits per heavy atom. The van der Waals surface area contributed by atoms with Crippen LogP contribution in [-0.2, 0) is 23.5 Å². The van der Waals surface area contributed by atoms with E-state index in [2.05, 4.69) is 6.07 Å².